The van der Waals surface area contributed by atoms with Crippen LogP contribution in [-0.2, 0) is 16.8 Å². The van der Waals surface area contributed by atoms with Crippen molar-refractivity contribution in [3.8, 4) is 0 Å². The molecule has 0 saturated carbocycles. The zero-order valence-corrected chi connectivity index (χ0v) is 7.92. The summed E-state index contributed by atoms with van der Waals surface area (Å²) in [5, 5.41) is 27.9. The molecule has 83 valence electrons. The van der Waals surface area contributed by atoms with Gasteiger partial charge in [-0.25, -0.2) is 21.7 Å². The Morgan fingerprint density at radius 3 is 1.50 bits per heavy atom. The second-order valence-electron chi connectivity index (χ2n) is 1.57. The number of hydrogen-bond acceptors (Lipinski definition) is 2. The molecule has 1 rings (SSSR count). The molecule has 1 radical (unpaired) electrons. The van der Waals surface area contributed by atoms with E-state index in [9.17, 15) is 0 Å². The first-order chi connectivity index (χ1) is 5.96. The second kappa shape index (κ2) is 14.1. The van der Waals surface area contributed by atoms with Crippen LogP contribution in [0.5, 0.6) is 0 Å². The maximum absolute atomic E-state index is 8.56. The van der Waals surface area contributed by atoms with Crippen molar-refractivity contribution in [1.29, 1.82) is 0 Å². The third kappa shape index (κ3) is 76.8. The third-order valence-electron chi connectivity index (χ3n) is 0.586. The summed E-state index contributed by atoms with van der Waals surface area (Å²) in [7, 11) is 0. The molecular weight excluding hydrogens is 239 g/mol. The normalized spacial score (nSPS) is 9.71. The van der Waals surface area contributed by atoms with Crippen LogP contribution in [0, 0.1) is 6.08 Å². The summed E-state index contributed by atoms with van der Waals surface area (Å²) >= 11 is 0. The fourth-order valence-corrected chi connectivity index (χ4v) is 0.340. The van der Waals surface area contributed by atoms with E-state index in [1.807, 2.05) is 12.2 Å². The van der Waals surface area contributed by atoms with Gasteiger partial charge in [-0.2, -0.15) is 6.08 Å². The van der Waals surface area contributed by atoms with E-state index in [2.05, 4.69) is 12.2 Å². The van der Waals surface area contributed by atoms with Crippen molar-refractivity contribution in [2.45, 2.75) is 6.42 Å². The molecule has 0 aliphatic heterocycles. The van der Waals surface area contributed by atoms with E-state index in [1.165, 1.54) is 0 Å². The molecule has 1 aliphatic rings. The van der Waals surface area contributed by atoms with Crippen molar-refractivity contribution in [2.24, 2.45) is 0 Å². The van der Waals surface area contributed by atoms with Crippen LogP contribution >= 0.6 is 0 Å². The quantitative estimate of drug-likeness (QED) is 0.485. The maximum Gasteiger partial charge on any atom is 0.503 e. The van der Waals surface area contributed by atoms with Crippen molar-refractivity contribution < 1.29 is 46.8 Å². The third-order valence-corrected chi connectivity index (χ3v) is 0.586. The molecule has 0 fully saturated rings. The van der Waals surface area contributed by atoms with Crippen molar-refractivity contribution in [3.05, 3.63) is 24.3 Å². The Hall–Kier alpha value is -1.47. The van der Waals surface area contributed by atoms with Gasteiger partial charge in [-0.3, -0.25) is 6.08 Å². The van der Waals surface area contributed by atoms with Crippen LogP contribution in [0.1, 0.15) is 6.42 Å². The molecule has 0 unspecified atom stereocenters. The van der Waals surface area contributed by atoms with Gasteiger partial charge in [0.15, 0.2) is 0 Å². The van der Waals surface area contributed by atoms with E-state index < -0.39 is 12.3 Å². The van der Waals surface area contributed by atoms with E-state index in [0.717, 1.165) is 6.42 Å². The molecule has 0 atom stereocenters. The Balaban J connectivity index is -0.000000127. The molecule has 0 aromatic carbocycles. The summed E-state index contributed by atoms with van der Waals surface area (Å²) in [5.74, 6) is 0. The average molecular weight is 248 g/mol. The van der Waals surface area contributed by atoms with Crippen molar-refractivity contribution in [3.63, 3.8) is 0 Å². The van der Waals surface area contributed by atoms with E-state index in [-0.39, 0.29) is 16.8 Å². The predicted octanol–water partition coefficient (Wildman–Crippen LogP) is 1.75. The minimum absolute atomic E-state index is 0. The van der Waals surface area contributed by atoms with Crippen LogP contribution in [0.15, 0.2) is 18.2 Å². The van der Waals surface area contributed by atoms with Crippen LogP contribution in [0.25, 0.3) is 0 Å². The molecule has 7 heteroatoms. The molecule has 6 nitrogen and oxygen atoms in total. The van der Waals surface area contributed by atoms with Gasteiger partial charge in [-0.15, -0.1) is 6.42 Å². The van der Waals surface area contributed by atoms with Gasteiger partial charge < -0.3 is 20.4 Å². The fraction of sp³-hybridized carbons (Fsp3) is 0.143. The van der Waals surface area contributed by atoms with Gasteiger partial charge in [0.1, 0.15) is 0 Å². The SMILES string of the molecule is O=C(O)O.O=C(O)O.[C-]1=CC=CC1.[Co]. The molecule has 0 saturated heterocycles. The van der Waals surface area contributed by atoms with Crippen molar-refractivity contribution in [1.82, 2.24) is 0 Å². The summed E-state index contributed by atoms with van der Waals surface area (Å²) in [6, 6.07) is 0. The summed E-state index contributed by atoms with van der Waals surface area (Å²) in [4.78, 5) is 17.1. The average Bonchev–Trinajstić information content (AvgIpc) is 2.35. The van der Waals surface area contributed by atoms with Crippen molar-refractivity contribution in [2.75, 3.05) is 0 Å². The maximum atomic E-state index is 8.56. The standard InChI is InChI=1S/C5H5.2CH2O3.Co/c1-2-4-5-3-1;2*2-1(3)4;/h1-3H,4H2;2*(H2,2,3,4);/q-1;;;. The van der Waals surface area contributed by atoms with Crippen LogP contribution in [-0.4, -0.2) is 32.7 Å². The summed E-state index contributed by atoms with van der Waals surface area (Å²) < 4.78 is 0. The van der Waals surface area contributed by atoms with E-state index in [1.54, 1.807) is 0 Å². The number of rotatable bonds is 0. The molecule has 0 aromatic heterocycles. The van der Waals surface area contributed by atoms with Gasteiger partial charge in [-0.05, 0) is 0 Å². The van der Waals surface area contributed by atoms with Crippen LogP contribution in [0.4, 0.5) is 9.59 Å². The zero-order valence-electron chi connectivity index (χ0n) is 6.88. The summed E-state index contributed by atoms with van der Waals surface area (Å²) in [6.45, 7) is 0. The topological polar surface area (TPSA) is 115 Å². The Kier molecular flexibility index (Phi) is 18.4. The molecular formula is C7H9CoO6-. The summed E-state index contributed by atoms with van der Waals surface area (Å²) in [6.07, 6.45) is 6.33. The number of carboxylic acid groups (broad SMARTS) is 4. The predicted molar refractivity (Wildman–Crippen MR) is 42.9 cm³/mol. The first-order valence-corrected chi connectivity index (χ1v) is 3.02. The van der Waals surface area contributed by atoms with Gasteiger partial charge in [0, 0.05) is 16.8 Å². The zero-order chi connectivity index (χ0) is 10.7. The first-order valence-electron chi connectivity index (χ1n) is 3.02. The number of hydrogen-bond donors (Lipinski definition) is 4. The molecule has 0 spiro atoms. The molecule has 14 heavy (non-hydrogen) atoms. The smallest absolute Gasteiger partial charge is 0.450 e. The monoisotopic (exact) mass is 248 g/mol. The first kappa shape index (κ1) is 18.3. The van der Waals surface area contributed by atoms with Gasteiger partial charge in [0.2, 0.25) is 0 Å². The minimum atomic E-state index is -1.83. The Morgan fingerprint density at radius 1 is 1.07 bits per heavy atom. The largest absolute Gasteiger partial charge is 0.503 e. The molecule has 0 bridgehead atoms. The molecule has 1 aliphatic carbocycles. The summed E-state index contributed by atoms with van der Waals surface area (Å²) in [5.41, 5.74) is 0. The van der Waals surface area contributed by atoms with Gasteiger partial charge in [0.25, 0.3) is 0 Å². The van der Waals surface area contributed by atoms with Crippen LogP contribution < -0.4 is 0 Å². The van der Waals surface area contributed by atoms with Gasteiger partial charge in [0.05, 0.1) is 0 Å². The Morgan fingerprint density at radius 2 is 1.43 bits per heavy atom. The van der Waals surface area contributed by atoms with Crippen LogP contribution in [0.3, 0.4) is 0 Å². The molecule has 4 N–H and O–H groups in total. The van der Waals surface area contributed by atoms with E-state index >= 15 is 0 Å². The molecule has 0 aromatic rings. The van der Waals surface area contributed by atoms with E-state index in [4.69, 9.17) is 30.0 Å². The molecule has 0 amide bonds. The van der Waals surface area contributed by atoms with E-state index in [0.29, 0.717) is 0 Å². The van der Waals surface area contributed by atoms with Gasteiger partial charge in [-0.1, -0.05) is 0 Å². The van der Waals surface area contributed by atoms with Gasteiger partial charge >= 0.3 is 12.3 Å². The number of allylic oxidation sites excluding steroid dienone is 4. The van der Waals surface area contributed by atoms with Crippen LogP contribution in [0.2, 0.25) is 0 Å². The van der Waals surface area contributed by atoms with Crippen molar-refractivity contribution >= 4 is 12.3 Å². The molecule has 0 heterocycles. The number of carbonyl (C=O) groups is 2. The Bertz CT molecular complexity index is 180. The second-order valence-corrected chi connectivity index (χ2v) is 1.57. The fourth-order valence-electron chi connectivity index (χ4n) is 0.340. The minimum Gasteiger partial charge on any atom is -0.450 e. The Labute approximate surface area is 90.4 Å².